The van der Waals surface area contributed by atoms with E-state index in [-0.39, 0.29) is 40.8 Å². The summed E-state index contributed by atoms with van der Waals surface area (Å²) >= 11 is 0. The van der Waals surface area contributed by atoms with Gasteiger partial charge < -0.3 is 24.8 Å². The fourth-order valence-electron chi connectivity index (χ4n) is 5.50. The summed E-state index contributed by atoms with van der Waals surface area (Å²) in [4.78, 5) is 0. The van der Waals surface area contributed by atoms with E-state index in [1.807, 2.05) is 27.7 Å². The number of benzene rings is 1. The monoisotopic (exact) mass is 404 g/mol. The molecule has 1 aliphatic heterocycles. The van der Waals surface area contributed by atoms with Gasteiger partial charge in [-0.1, -0.05) is 41.5 Å². The fraction of sp³-hybridized carbons (Fsp3) is 0.750. The average molecular weight is 405 g/mol. The van der Waals surface area contributed by atoms with E-state index < -0.39 is 22.0 Å². The standard InChI is InChI=1S/C24H36O5/c1-20(2)13-14(21(3,4)22(20,5)6)17(27)16(26)11(15(13)25)12-18-19(12)29-24(9,10)23(7,8)28-18/h12,18-19,25-27H,1-10H3. The van der Waals surface area contributed by atoms with E-state index in [9.17, 15) is 15.3 Å². The van der Waals surface area contributed by atoms with Crippen molar-refractivity contribution in [3.63, 3.8) is 0 Å². The Balaban J connectivity index is 1.90. The van der Waals surface area contributed by atoms with Gasteiger partial charge in [0.05, 0.1) is 23.4 Å². The number of hydrogen-bond acceptors (Lipinski definition) is 5. The number of phenols is 3. The van der Waals surface area contributed by atoms with Crippen LogP contribution in [0.25, 0.3) is 0 Å². The van der Waals surface area contributed by atoms with E-state index in [1.165, 1.54) is 0 Å². The van der Waals surface area contributed by atoms with Gasteiger partial charge in [-0.25, -0.2) is 0 Å². The summed E-state index contributed by atoms with van der Waals surface area (Å²) in [6.45, 7) is 20.6. The first-order valence-corrected chi connectivity index (χ1v) is 10.6. The normalized spacial score (nSPS) is 34.3. The zero-order chi connectivity index (χ0) is 22.1. The minimum Gasteiger partial charge on any atom is -0.507 e. The lowest BCUT2D eigenvalue weighted by molar-refractivity contribution is -0.233. The largest absolute Gasteiger partial charge is 0.507 e. The van der Waals surface area contributed by atoms with Crippen LogP contribution in [0, 0.1) is 5.41 Å². The number of phenolic OH excluding ortho intramolecular Hbond substituents is 3. The molecular formula is C24H36O5. The highest BCUT2D eigenvalue weighted by molar-refractivity contribution is 5.71. The second-order valence-corrected chi connectivity index (χ2v) is 11.8. The lowest BCUT2D eigenvalue weighted by Crippen LogP contribution is -2.53. The van der Waals surface area contributed by atoms with Gasteiger partial charge in [0.2, 0.25) is 0 Å². The van der Waals surface area contributed by atoms with Gasteiger partial charge in [-0.05, 0) is 43.9 Å². The molecule has 1 heterocycles. The van der Waals surface area contributed by atoms with Crippen molar-refractivity contribution in [2.75, 3.05) is 0 Å². The van der Waals surface area contributed by atoms with E-state index in [2.05, 4.69) is 41.5 Å². The Morgan fingerprint density at radius 1 is 0.586 bits per heavy atom. The summed E-state index contributed by atoms with van der Waals surface area (Å²) in [7, 11) is 0. The molecule has 2 atom stereocenters. The Hall–Kier alpha value is -1.46. The molecule has 0 radical (unpaired) electrons. The number of aromatic hydroxyl groups is 3. The van der Waals surface area contributed by atoms with Crippen molar-refractivity contribution in [3.8, 4) is 17.2 Å². The van der Waals surface area contributed by atoms with Gasteiger partial charge in [0.1, 0.15) is 5.75 Å². The molecule has 2 fully saturated rings. The maximum Gasteiger partial charge on any atom is 0.165 e. The van der Waals surface area contributed by atoms with Gasteiger partial charge in [0.15, 0.2) is 11.5 Å². The minimum atomic E-state index is -0.504. The summed E-state index contributed by atoms with van der Waals surface area (Å²) in [5, 5.41) is 33.6. The molecule has 0 aromatic heterocycles. The van der Waals surface area contributed by atoms with Gasteiger partial charge in [-0.2, -0.15) is 0 Å². The zero-order valence-corrected chi connectivity index (χ0v) is 19.4. The van der Waals surface area contributed by atoms with Crippen molar-refractivity contribution in [1.82, 2.24) is 0 Å². The molecule has 3 N–H and O–H groups in total. The van der Waals surface area contributed by atoms with E-state index >= 15 is 0 Å². The number of rotatable bonds is 1. The van der Waals surface area contributed by atoms with Crippen LogP contribution in [0.5, 0.6) is 17.2 Å². The molecule has 162 valence electrons. The molecule has 5 nitrogen and oxygen atoms in total. The van der Waals surface area contributed by atoms with Crippen molar-refractivity contribution >= 4 is 0 Å². The first kappa shape index (κ1) is 20.8. The molecule has 3 aliphatic rings. The van der Waals surface area contributed by atoms with Crippen LogP contribution in [-0.4, -0.2) is 38.7 Å². The van der Waals surface area contributed by atoms with E-state index in [0.29, 0.717) is 11.1 Å². The minimum absolute atomic E-state index is 0.0705. The first-order valence-electron chi connectivity index (χ1n) is 10.6. The molecule has 4 rings (SSSR count). The molecule has 1 saturated heterocycles. The van der Waals surface area contributed by atoms with Crippen LogP contribution in [0.15, 0.2) is 0 Å². The predicted octanol–water partition coefficient (Wildman–Crippen LogP) is 4.84. The third-order valence-electron chi connectivity index (χ3n) is 9.37. The van der Waals surface area contributed by atoms with E-state index in [4.69, 9.17) is 9.47 Å². The summed E-state index contributed by atoms with van der Waals surface area (Å²) in [5.41, 5.74) is -0.391. The average Bonchev–Trinajstić information content (AvgIpc) is 3.16. The lowest BCUT2D eigenvalue weighted by Gasteiger charge is -2.44. The van der Waals surface area contributed by atoms with Gasteiger partial charge in [-0.3, -0.25) is 0 Å². The molecule has 0 amide bonds. The molecule has 0 spiro atoms. The van der Waals surface area contributed by atoms with Gasteiger partial charge in [0.25, 0.3) is 0 Å². The Morgan fingerprint density at radius 3 is 1.38 bits per heavy atom. The van der Waals surface area contributed by atoms with Crippen molar-refractivity contribution < 1.29 is 24.8 Å². The van der Waals surface area contributed by atoms with Crippen LogP contribution in [0.4, 0.5) is 0 Å². The zero-order valence-electron chi connectivity index (χ0n) is 19.4. The third kappa shape index (κ3) is 2.18. The maximum absolute atomic E-state index is 11.5. The SMILES string of the molecule is CC1(C)OC2C(OC1(C)C)C2c1c(O)c(O)c2c(c1O)C(C)(C)C(C)(C)C2(C)C. The quantitative estimate of drug-likeness (QED) is 0.461. The molecule has 5 heteroatoms. The number of fused-ring (bicyclic) bond motifs is 2. The third-order valence-corrected chi connectivity index (χ3v) is 9.37. The number of hydrogen-bond donors (Lipinski definition) is 3. The summed E-state index contributed by atoms with van der Waals surface area (Å²) in [6.07, 6.45) is -0.504. The Morgan fingerprint density at radius 2 is 0.966 bits per heavy atom. The second-order valence-electron chi connectivity index (χ2n) is 11.8. The fourth-order valence-corrected chi connectivity index (χ4v) is 5.50. The molecule has 2 aliphatic carbocycles. The smallest absolute Gasteiger partial charge is 0.165 e. The van der Waals surface area contributed by atoms with E-state index in [0.717, 1.165) is 5.56 Å². The Kier molecular flexibility index (Phi) is 3.75. The van der Waals surface area contributed by atoms with Crippen molar-refractivity contribution in [2.24, 2.45) is 5.41 Å². The molecule has 29 heavy (non-hydrogen) atoms. The number of ether oxygens (including phenoxy) is 2. The molecule has 1 saturated carbocycles. The van der Waals surface area contributed by atoms with Gasteiger partial charge in [0, 0.05) is 22.6 Å². The van der Waals surface area contributed by atoms with Crippen molar-refractivity contribution in [2.45, 2.75) is 109 Å². The van der Waals surface area contributed by atoms with Crippen LogP contribution < -0.4 is 0 Å². The summed E-state index contributed by atoms with van der Waals surface area (Å²) in [6, 6.07) is 0. The lowest BCUT2D eigenvalue weighted by atomic mass is 9.59. The molecule has 0 bridgehead atoms. The first-order chi connectivity index (χ1) is 12.9. The van der Waals surface area contributed by atoms with E-state index in [1.54, 1.807) is 0 Å². The highest BCUT2D eigenvalue weighted by atomic mass is 16.6. The van der Waals surface area contributed by atoms with Gasteiger partial charge >= 0.3 is 0 Å². The molecular weight excluding hydrogens is 368 g/mol. The highest BCUT2D eigenvalue weighted by Gasteiger charge is 2.67. The molecule has 1 aromatic carbocycles. The Labute approximate surface area is 174 Å². The van der Waals surface area contributed by atoms with Gasteiger partial charge in [-0.15, -0.1) is 0 Å². The van der Waals surface area contributed by atoms with Crippen LogP contribution >= 0.6 is 0 Å². The maximum atomic E-state index is 11.5. The van der Waals surface area contributed by atoms with Crippen LogP contribution in [0.3, 0.4) is 0 Å². The Bertz CT molecular complexity index is 885. The van der Waals surface area contributed by atoms with Crippen molar-refractivity contribution in [1.29, 1.82) is 0 Å². The second kappa shape index (κ2) is 5.23. The van der Waals surface area contributed by atoms with Crippen LogP contribution in [0.1, 0.15) is 91.8 Å². The molecule has 1 aromatic rings. The topological polar surface area (TPSA) is 79.2 Å². The summed E-state index contributed by atoms with van der Waals surface area (Å²) < 4.78 is 12.6. The molecule has 2 unspecified atom stereocenters. The summed E-state index contributed by atoms with van der Waals surface area (Å²) in [5.74, 6) is -0.611. The van der Waals surface area contributed by atoms with Crippen LogP contribution in [-0.2, 0) is 20.3 Å². The highest BCUT2D eigenvalue weighted by Crippen LogP contribution is 2.70. The van der Waals surface area contributed by atoms with Crippen LogP contribution in [0.2, 0.25) is 0 Å². The predicted molar refractivity (Wildman–Crippen MR) is 112 cm³/mol. The van der Waals surface area contributed by atoms with Crippen molar-refractivity contribution in [3.05, 3.63) is 16.7 Å².